The third-order valence-electron chi connectivity index (χ3n) is 4.86. The summed E-state index contributed by atoms with van der Waals surface area (Å²) in [6.07, 6.45) is 2.12. The molecular formula is C21H26N2O5S. The summed E-state index contributed by atoms with van der Waals surface area (Å²) in [6.45, 7) is 0.597. The van der Waals surface area contributed by atoms with E-state index in [-0.39, 0.29) is 18.3 Å². The number of nitrogens with one attached hydrogen (secondary N) is 1. The van der Waals surface area contributed by atoms with Gasteiger partial charge in [-0.1, -0.05) is 18.2 Å². The lowest BCUT2D eigenvalue weighted by atomic mass is 10.0. The Balaban J connectivity index is 1.70. The minimum atomic E-state index is -3.53. The zero-order valence-corrected chi connectivity index (χ0v) is 17.5. The number of methoxy groups -OCH3 is 2. The van der Waals surface area contributed by atoms with Crippen LogP contribution in [0.5, 0.6) is 5.75 Å². The zero-order valence-electron chi connectivity index (χ0n) is 16.7. The van der Waals surface area contributed by atoms with E-state index in [0.29, 0.717) is 18.7 Å². The van der Waals surface area contributed by atoms with Crippen LogP contribution in [0.2, 0.25) is 0 Å². The molecule has 1 N–H and O–H groups in total. The molecule has 0 saturated heterocycles. The molecule has 0 bridgehead atoms. The summed E-state index contributed by atoms with van der Waals surface area (Å²) in [5.74, 6) is 0.562. The highest BCUT2D eigenvalue weighted by Gasteiger charge is 2.23. The van der Waals surface area contributed by atoms with Gasteiger partial charge in [0.15, 0.2) is 0 Å². The van der Waals surface area contributed by atoms with Crippen LogP contribution in [0.1, 0.15) is 17.5 Å². The highest BCUT2D eigenvalue weighted by molar-refractivity contribution is 7.92. The number of benzene rings is 2. The van der Waals surface area contributed by atoms with E-state index in [1.807, 2.05) is 30.3 Å². The third-order valence-corrected chi connectivity index (χ3v) is 6.15. The maximum absolute atomic E-state index is 12.5. The minimum absolute atomic E-state index is 0.00272. The largest absolute Gasteiger partial charge is 0.497 e. The number of sulfonamides is 1. The topological polar surface area (TPSA) is 84.9 Å². The van der Waals surface area contributed by atoms with Gasteiger partial charge in [0.05, 0.1) is 18.6 Å². The number of carbonyl (C=O) groups is 1. The second kappa shape index (κ2) is 9.28. The molecule has 8 heteroatoms. The number of aryl methyl sites for hydroxylation is 2. The van der Waals surface area contributed by atoms with E-state index in [2.05, 4.69) is 4.72 Å². The Bertz CT molecular complexity index is 958. The molecule has 2 aromatic carbocycles. The van der Waals surface area contributed by atoms with Gasteiger partial charge in [-0.15, -0.1) is 0 Å². The van der Waals surface area contributed by atoms with Crippen molar-refractivity contribution in [2.75, 3.05) is 42.7 Å². The number of fused-ring (bicyclic) bond motifs is 1. The predicted octanol–water partition coefficient (Wildman–Crippen LogP) is 2.61. The van der Waals surface area contributed by atoms with Gasteiger partial charge in [0.2, 0.25) is 10.0 Å². The molecule has 3 rings (SSSR count). The fourth-order valence-corrected chi connectivity index (χ4v) is 4.47. The Hall–Kier alpha value is -2.58. The third kappa shape index (κ3) is 5.48. The Kier molecular flexibility index (Phi) is 6.76. The smallest absolute Gasteiger partial charge is 0.252 e. The number of carbonyl (C=O) groups excluding carboxylic acids is 1. The first-order valence-electron chi connectivity index (χ1n) is 9.47. The van der Waals surface area contributed by atoms with E-state index < -0.39 is 10.0 Å². The van der Waals surface area contributed by atoms with Gasteiger partial charge in [0, 0.05) is 19.3 Å². The van der Waals surface area contributed by atoms with Crippen molar-refractivity contribution in [2.24, 2.45) is 0 Å². The molecule has 1 aliphatic heterocycles. The molecule has 0 saturated carbocycles. The van der Waals surface area contributed by atoms with Gasteiger partial charge in [0.1, 0.15) is 12.4 Å². The molecule has 156 valence electrons. The van der Waals surface area contributed by atoms with Crippen LogP contribution >= 0.6 is 0 Å². The molecule has 7 nitrogen and oxygen atoms in total. The zero-order chi connectivity index (χ0) is 20.9. The first-order valence-corrected chi connectivity index (χ1v) is 11.1. The van der Waals surface area contributed by atoms with Crippen LogP contribution in [0.15, 0.2) is 42.5 Å². The summed E-state index contributed by atoms with van der Waals surface area (Å²) in [4.78, 5) is 14.0. The van der Waals surface area contributed by atoms with Crippen molar-refractivity contribution in [3.63, 3.8) is 0 Å². The molecule has 1 heterocycles. The average Bonchev–Trinajstić information content (AvgIpc) is 2.72. The van der Waals surface area contributed by atoms with Crippen LogP contribution in [-0.2, 0) is 32.4 Å². The lowest BCUT2D eigenvalue weighted by Crippen LogP contribution is -2.37. The van der Waals surface area contributed by atoms with Crippen molar-refractivity contribution in [3.8, 4) is 5.75 Å². The average molecular weight is 419 g/mol. The molecule has 1 aliphatic rings. The Labute approximate surface area is 171 Å². The predicted molar refractivity (Wildman–Crippen MR) is 113 cm³/mol. The number of nitrogens with zero attached hydrogens (tertiary/aromatic N) is 1. The van der Waals surface area contributed by atoms with Crippen LogP contribution in [-0.4, -0.2) is 47.4 Å². The normalized spacial score (nSPS) is 13.7. The van der Waals surface area contributed by atoms with E-state index in [0.717, 1.165) is 35.4 Å². The maximum atomic E-state index is 12.5. The summed E-state index contributed by atoms with van der Waals surface area (Å²) in [6, 6.07) is 12.7. The summed E-state index contributed by atoms with van der Waals surface area (Å²) in [5, 5.41) is 0. The fourth-order valence-electron chi connectivity index (χ4n) is 3.37. The van der Waals surface area contributed by atoms with Gasteiger partial charge in [-0.05, 0) is 54.7 Å². The molecule has 0 spiro atoms. The second-order valence-corrected chi connectivity index (χ2v) is 8.79. The van der Waals surface area contributed by atoms with Gasteiger partial charge in [0.25, 0.3) is 5.91 Å². The molecule has 0 aromatic heterocycles. The SMILES string of the molecule is COCC(=O)N1CCCc2ccc(NS(=O)(=O)CCc3ccc(OC)cc3)cc21. The summed E-state index contributed by atoms with van der Waals surface area (Å²) >= 11 is 0. The van der Waals surface area contributed by atoms with Crippen LogP contribution in [0, 0.1) is 0 Å². The van der Waals surface area contributed by atoms with Crippen molar-refractivity contribution >= 4 is 27.3 Å². The molecule has 0 aliphatic carbocycles. The van der Waals surface area contributed by atoms with Crippen LogP contribution < -0.4 is 14.4 Å². The van der Waals surface area contributed by atoms with Crippen LogP contribution in [0.25, 0.3) is 0 Å². The van der Waals surface area contributed by atoms with E-state index in [9.17, 15) is 13.2 Å². The Morgan fingerprint density at radius 1 is 1.14 bits per heavy atom. The maximum Gasteiger partial charge on any atom is 0.252 e. The van der Waals surface area contributed by atoms with Gasteiger partial charge >= 0.3 is 0 Å². The summed E-state index contributed by atoms with van der Waals surface area (Å²) < 4.78 is 37.8. The number of ether oxygens (including phenoxy) is 2. The first kappa shape index (κ1) is 21.1. The summed E-state index contributed by atoms with van der Waals surface area (Å²) in [5.41, 5.74) is 3.14. The van der Waals surface area contributed by atoms with Crippen LogP contribution in [0.4, 0.5) is 11.4 Å². The van der Waals surface area contributed by atoms with Crippen LogP contribution in [0.3, 0.4) is 0 Å². The molecule has 0 fully saturated rings. The Morgan fingerprint density at radius 2 is 1.90 bits per heavy atom. The quantitative estimate of drug-likeness (QED) is 0.712. The van der Waals surface area contributed by atoms with Crippen molar-refractivity contribution in [3.05, 3.63) is 53.6 Å². The highest BCUT2D eigenvalue weighted by Crippen LogP contribution is 2.30. The number of hydrogen-bond donors (Lipinski definition) is 1. The number of amides is 1. The molecular weight excluding hydrogens is 392 g/mol. The van der Waals surface area contributed by atoms with E-state index in [1.54, 1.807) is 24.1 Å². The molecule has 2 aromatic rings. The highest BCUT2D eigenvalue weighted by atomic mass is 32.2. The summed E-state index contributed by atoms with van der Waals surface area (Å²) in [7, 11) is -0.461. The van der Waals surface area contributed by atoms with Crippen molar-refractivity contribution in [1.82, 2.24) is 0 Å². The fraction of sp³-hybridized carbons (Fsp3) is 0.381. The lowest BCUT2D eigenvalue weighted by molar-refractivity contribution is -0.122. The van der Waals surface area contributed by atoms with Crippen molar-refractivity contribution in [1.29, 1.82) is 0 Å². The number of hydrogen-bond acceptors (Lipinski definition) is 5. The molecule has 0 unspecified atom stereocenters. The van der Waals surface area contributed by atoms with Gasteiger partial charge < -0.3 is 14.4 Å². The van der Waals surface area contributed by atoms with Gasteiger partial charge in [-0.2, -0.15) is 0 Å². The van der Waals surface area contributed by atoms with Gasteiger partial charge in [-0.25, -0.2) is 8.42 Å². The molecule has 1 amide bonds. The first-order chi connectivity index (χ1) is 13.9. The standard InChI is InChI=1S/C21H26N2O5S/c1-27-15-21(24)23-12-3-4-17-7-8-18(14-20(17)23)22-29(25,26)13-11-16-5-9-19(28-2)10-6-16/h5-10,14,22H,3-4,11-13,15H2,1-2H3. The molecule has 29 heavy (non-hydrogen) atoms. The number of rotatable bonds is 8. The van der Waals surface area contributed by atoms with E-state index in [4.69, 9.17) is 9.47 Å². The molecule has 0 radical (unpaired) electrons. The lowest BCUT2D eigenvalue weighted by Gasteiger charge is -2.30. The van der Waals surface area contributed by atoms with Gasteiger partial charge in [-0.3, -0.25) is 9.52 Å². The second-order valence-electron chi connectivity index (χ2n) is 6.94. The Morgan fingerprint density at radius 3 is 2.59 bits per heavy atom. The van der Waals surface area contributed by atoms with E-state index >= 15 is 0 Å². The van der Waals surface area contributed by atoms with E-state index in [1.165, 1.54) is 7.11 Å². The molecule has 0 atom stereocenters. The number of anilines is 2. The van der Waals surface area contributed by atoms with Crippen molar-refractivity contribution < 1.29 is 22.7 Å². The van der Waals surface area contributed by atoms with Crippen molar-refractivity contribution in [2.45, 2.75) is 19.3 Å². The monoisotopic (exact) mass is 418 g/mol. The minimum Gasteiger partial charge on any atom is -0.497 e.